The molecular formula is C20H12Cl2N2O. The van der Waals surface area contributed by atoms with Gasteiger partial charge in [0, 0.05) is 26.9 Å². The van der Waals surface area contributed by atoms with E-state index in [1.54, 1.807) is 42.5 Å². The zero-order valence-electron chi connectivity index (χ0n) is 13.0. The second kappa shape index (κ2) is 7.40. The average molecular weight is 367 g/mol. The van der Waals surface area contributed by atoms with Crippen LogP contribution in [0.15, 0.2) is 66.7 Å². The first-order valence-electron chi connectivity index (χ1n) is 7.44. The summed E-state index contributed by atoms with van der Waals surface area (Å²) < 4.78 is 0. The molecule has 0 radical (unpaired) electrons. The first kappa shape index (κ1) is 17.0. The summed E-state index contributed by atoms with van der Waals surface area (Å²) in [7, 11) is 0. The largest absolute Gasteiger partial charge is 0.322 e. The summed E-state index contributed by atoms with van der Waals surface area (Å²) in [5.74, 6) is -0.304. The molecule has 0 bridgehead atoms. The number of hydrogen-bond donors (Lipinski definition) is 1. The molecule has 3 rings (SSSR count). The summed E-state index contributed by atoms with van der Waals surface area (Å²) in [5, 5.41) is 13.0. The number of rotatable bonds is 3. The van der Waals surface area contributed by atoms with Crippen molar-refractivity contribution in [2.45, 2.75) is 0 Å². The molecule has 0 unspecified atom stereocenters. The number of halogens is 2. The number of anilines is 1. The van der Waals surface area contributed by atoms with Gasteiger partial charge in [-0.15, -0.1) is 0 Å². The third-order valence-electron chi connectivity index (χ3n) is 3.63. The van der Waals surface area contributed by atoms with Crippen molar-refractivity contribution in [3.05, 3.63) is 87.9 Å². The predicted octanol–water partition coefficient (Wildman–Crippen LogP) is 5.78. The highest BCUT2D eigenvalue weighted by molar-refractivity contribution is 6.35. The number of nitrogens with one attached hydrogen (secondary N) is 1. The Labute approximate surface area is 155 Å². The Morgan fingerprint density at radius 2 is 1.48 bits per heavy atom. The van der Waals surface area contributed by atoms with Gasteiger partial charge in [-0.3, -0.25) is 4.79 Å². The molecule has 0 aliphatic heterocycles. The molecular weight excluding hydrogens is 355 g/mol. The monoisotopic (exact) mass is 366 g/mol. The van der Waals surface area contributed by atoms with Crippen LogP contribution in [0.2, 0.25) is 10.0 Å². The van der Waals surface area contributed by atoms with Crippen molar-refractivity contribution >= 4 is 34.8 Å². The summed E-state index contributed by atoms with van der Waals surface area (Å²) in [6.45, 7) is 0. The van der Waals surface area contributed by atoms with E-state index < -0.39 is 0 Å². The SMILES string of the molecule is N#Cc1ccccc1-c1ccccc1C(=O)Nc1cc(Cl)cc(Cl)c1. The molecule has 3 aromatic rings. The summed E-state index contributed by atoms with van der Waals surface area (Å²) in [6.07, 6.45) is 0. The van der Waals surface area contributed by atoms with Crippen molar-refractivity contribution in [3.8, 4) is 17.2 Å². The van der Waals surface area contributed by atoms with Crippen LogP contribution in [0.25, 0.3) is 11.1 Å². The van der Waals surface area contributed by atoms with Crippen LogP contribution in [0.3, 0.4) is 0 Å². The Bertz CT molecular complexity index is 973. The molecule has 1 N–H and O–H groups in total. The molecule has 25 heavy (non-hydrogen) atoms. The van der Waals surface area contributed by atoms with Crippen molar-refractivity contribution in [1.82, 2.24) is 0 Å². The van der Waals surface area contributed by atoms with Gasteiger partial charge >= 0.3 is 0 Å². The van der Waals surface area contributed by atoms with Crippen molar-refractivity contribution in [1.29, 1.82) is 5.26 Å². The lowest BCUT2D eigenvalue weighted by molar-refractivity contribution is 0.102. The fraction of sp³-hybridized carbons (Fsp3) is 0. The van der Waals surface area contributed by atoms with E-state index in [0.29, 0.717) is 38.0 Å². The average Bonchev–Trinajstić information content (AvgIpc) is 2.60. The topological polar surface area (TPSA) is 52.9 Å². The van der Waals surface area contributed by atoms with Crippen LogP contribution in [0.5, 0.6) is 0 Å². The van der Waals surface area contributed by atoms with Gasteiger partial charge in [-0.25, -0.2) is 0 Å². The highest BCUT2D eigenvalue weighted by Crippen LogP contribution is 2.28. The molecule has 0 atom stereocenters. The van der Waals surface area contributed by atoms with Crippen LogP contribution < -0.4 is 5.32 Å². The summed E-state index contributed by atoms with van der Waals surface area (Å²) in [5.41, 5.74) is 2.87. The van der Waals surface area contributed by atoms with Crippen molar-refractivity contribution in [2.24, 2.45) is 0 Å². The number of hydrogen-bond acceptors (Lipinski definition) is 2. The summed E-state index contributed by atoms with van der Waals surface area (Å²) in [4.78, 5) is 12.8. The van der Waals surface area contributed by atoms with Gasteiger partial charge in [0.1, 0.15) is 0 Å². The molecule has 1 amide bonds. The minimum Gasteiger partial charge on any atom is -0.322 e. The Hall–Kier alpha value is -2.80. The quantitative estimate of drug-likeness (QED) is 0.638. The van der Waals surface area contributed by atoms with Crippen LogP contribution in [0.4, 0.5) is 5.69 Å². The highest BCUT2D eigenvalue weighted by Gasteiger charge is 2.15. The molecule has 3 aromatic carbocycles. The Kier molecular flexibility index (Phi) is 5.04. The number of nitrogens with zero attached hydrogens (tertiary/aromatic N) is 1. The van der Waals surface area contributed by atoms with Crippen molar-refractivity contribution in [2.75, 3.05) is 5.32 Å². The summed E-state index contributed by atoms with van der Waals surface area (Å²) in [6, 6.07) is 21.3. The molecule has 122 valence electrons. The molecule has 0 saturated carbocycles. The second-order valence-corrected chi connectivity index (χ2v) is 6.19. The molecule has 3 nitrogen and oxygen atoms in total. The lowest BCUT2D eigenvalue weighted by atomic mass is 9.95. The number of benzene rings is 3. The Morgan fingerprint density at radius 3 is 2.16 bits per heavy atom. The van der Waals surface area contributed by atoms with E-state index in [2.05, 4.69) is 11.4 Å². The van der Waals surface area contributed by atoms with Gasteiger partial charge in [0.2, 0.25) is 0 Å². The standard InChI is InChI=1S/C20H12Cl2N2O/c21-14-9-15(22)11-16(10-14)24-20(25)19-8-4-3-7-18(19)17-6-2-1-5-13(17)12-23/h1-11H,(H,24,25). The fourth-order valence-electron chi connectivity index (χ4n) is 2.56. The van der Waals surface area contributed by atoms with Crippen LogP contribution in [0, 0.1) is 11.3 Å². The molecule has 0 heterocycles. The van der Waals surface area contributed by atoms with E-state index >= 15 is 0 Å². The first-order chi connectivity index (χ1) is 12.1. The minimum atomic E-state index is -0.304. The number of carbonyl (C=O) groups is 1. The molecule has 0 aromatic heterocycles. The van der Waals surface area contributed by atoms with Gasteiger partial charge in [-0.05, 0) is 35.9 Å². The predicted molar refractivity (Wildman–Crippen MR) is 101 cm³/mol. The maximum absolute atomic E-state index is 12.8. The first-order valence-corrected chi connectivity index (χ1v) is 8.20. The molecule has 0 saturated heterocycles. The van der Waals surface area contributed by atoms with Crippen molar-refractivity contribution in [3.63, 3.8) is 0 Å². The maximum atomic E-state index is 12.8. The van der Waals surface area contributed by atoms with Gasteiger partial charge in [0.05, 0.1) is 11.6 Å². The van der Waals surface area contributed by atoms with E-state index in [0.717, 1.165) is 0 Å². The second-order valence-electron chi connectivity index (χ2n) is 5.32. The van der Waals surface area contributed by atoms with Gasteiger partial charge in [0.15, 0.2) is 0 Å². The van der Waals surface area contributed by atoms with Crippen LogP contribution in [0.1, 0.15) is 15.9 Å². The molecule has 5 heteroatoms. The van der Waals surface area contributed by atoms with Crippen LogP contribution in [-0.4, -0.2) is 5.91 Å². The van der Waals surface area contributed by atoms with E-state index in [9.17, 15) is 10.1 Å². The van der Waals surface area contributed by atoms with Gasteiger partial charge in [-0.1, -0.05) is 59.6 Å². The maximum Gasteiger partial charge on any atom is 0.256 e. The lowest BCUT2D eigenvalue weighted by Gasteiger charge is -2.12. The number of amides is 1. The lowest BCUT2D eigenvalue weighted by Crippen LogP contribution is -2.13. The fourth-order valence-corrected chi connectivity index (χ4v) is 3.08. The minimum absolute atomic E-state index is 0.304. The van der Waals surface area contributed by atoms with E-state index in [1.165, 1.54) is 0 Å². The van der Waals surface area contributed by atoms with E-state index in [4.69, 9.17) is 23.2 Å². The number of nitriles is 1. The van der Waals surface area contributed by atoms with E-state index in [-0.39, 0.29) is 5.91 Å². The Morgan fingerprint density at radius 1 is 0.880 bits per heavy atom. The van der Waals surface area contributed by atoms with Gasteiger partial charge < -0.3 is 5.32 Å². The van der Waals surface area contributed by atoms with Crippen molar-refractivity contribution < 1.29 is 4.79 Å². The zero-order valence-corrected chi connectivity index (χ0v) is 14.5. The highest BCUT2D eigenvalue weighted by atomic mass is 35.5. The van der Waals surface area contributed by atoms with E-state index in [1.807, 2.05) is 24.3 Å². The third-order valence-corrected chi connectivity index (χ3v) is 4.07. The number of carbonyl (C=O) groups excluding carboxylic acids is 1. The van der Waals surface area contributed by atoms with Gasteiger partial charge in [-0.2, -0.15) is 5.26 Å². The molecule has 0 spiro atoms. The van der Waals surface area contributed by atoms with Gasteiger partial charge in [0.25, 0.3) is 5.91 Å². The van der Waals surface area contributed by atoms with Crippen LogP contribution in [-0.2, 0) is 0 Å². The molecule has 0 aliphatic carbocycles. The summed E-state index contributed by atoms with van der Waals surface area (Å²) >= 11 is 11.9. The zero-order chi connectivity index (χ0) is 17.8. The molecule has 0 aliphatic rings. The molecule has 0 fully saturated rings. The normalized spacial score (nSPS) is 10.1. The third kappa shape index (κ3) is 3.83. The van der Waals surface area contributed by atoms with Crippen LogP contribution >= 0.6 is 23.2 Å². The Balaban J connectivity index is 2.01. The smallest absolute Gasteiger partial charge is 0.256 e.